The van der Waals surface area contributed by atoms with Gasteiger partial charge in [0.2, 0.25) is 0 Å². The van der Waals surface area contributed by atoms with Crippen molar-refractivity contribution in [2.75, 3.05) is 45.4 Å². The summed E-state index contributed by atoms with van der Waals surface area (Å²) >= 11 is 0. The largest absolute Gasteiger partial charge is 0.465 e. The lowest BCUT2D eigenvalue weighted by molar-refractivity contribution is 0.0600. The number of esters is 1. The number of aryl methyl sites for hydroxylation is 1. The minimum Gasteiger partial charge on any atom is -0.465 e. The number of imidazole rings is 1. The molecular weight excluding hydrogens is 509 g/mol. The molecule has 40 heavy (non-hydrogen) atoms. The highest BCUT2D eigenvalue weighted by Crippen LogP contribution is 2.22. The van der Waals surface area contributed by atoms with E-state index in [4.69, 9.17) is 14.5 Å². The standard InChI is InChI=1S/C31H34FN5O3/c1-35(21-24-5-9-27(10-6-24)36-15-17-40-18-16-36)22-28-20-34-30(29-19-25(11-13-33-29)31(38)39-2)37(28)14-12-23-3-7-26(32)8-4-23/h3-11,13,19-20H,12,14-18,21-22H2,1-2H3. The molecule has 0 saturated carbocycles. The van der Waals surface area contributed by atoms with Crippen molar-refractivity contribution in [3.8, 4) is 11.5 Å². The number of rotatable bonds is 10. The number of hydrogen-bond acceptors (Lipinski definition) is 7. The van der Waals surface area contributed by atoms with Crippen LogP contribution >= 0.6 is 0 Å². The first-order valence-corrected chi connectivity index (χ1v) is 13.4. The zero-order valence-electron chi connectivity index (χ0n) is 22.9. The molecule has 0 spiro atoms. The highest BCUT2D eigenvalue weighted by molar-refractivity contribution is 5.90. The summed E-state index contributed by atoms with van der Waals surface area (Å²) in [5.41, 5.74) is 5.51. The number of methoxy groups -OCH3 is 1. The van der Waals surface area contributed by atoms with Crippen LogP contribution in [0.3, 0.4) is 0 Å². The van der Waals surface area contributed by atoms with Crippen LogP contribution in [0, 0.1) is 5.82 Å². The molecule has 5 rings (SSSR count). The van der Waals surface area contributed by atoms with Crippen LogP contribution in [0.2, 0.25) is 0 Å². The summed E-state index contributed by atoms with van der Waals surface area (Å²) in [6, 6.07) is 18.6. The monoisotopic (exact) mass is 543 g/mol. The number of morpholine rings is 1. The van der Waals surface area contributed by atoms with Gasteiger partial charge in [-0.25, -0.2) is 14.2 Å². The van der Waals surface area contributed by atoms with E-state index in [2.05, 4.69) is 50.7 Å². The Morgan fingerprint density at radius 2 is 1.73 bits per heavy atom. The minimum absolute atomic E-state index is 0.254. The summed E-state index contributed by atoms with van der Waals surface area (Å²) in [5.74, 6) is -0.00465. The second kappa shape index (κ2) is 12.8. The van der Waals surface area contributed by atoms with Crippen LogP contribution in [-0.2, 0) is 35.5 Å². The van der Waals surface area contributed by atoms with Crippen molar-refractivity contribution in [3.05, 3.63) is 101 Å². The lowest BCUT2D eigenvalue weighted by Crippen LogP contribution is -2.36. The summed E-state index contributed by atoms with van der Waals surface area (Å²) in [6.45, 7) is 5.44. The third-order valence-electron chi connectivity index (χ3n) is 7.08. The first kappa shape index (κ1) is 27.5. The molecule has 1 aliphatic heterocycles. The molecule has 8 nitrogen and oxygen atoms in total. The Kier molecular flexibility index (Phi) is 8.83. The Bertz CT molecular complexity index is 1420. The molecule has 0 aliphatic carbocycles. The van der Waals surface area contributed by atoms with Crippen LogP contribution in [0.4, 0.5) is 10.1 Å². The van der Waals surface area contributed by atoms with Crippen molar-refractivity contribution in [3.63, 3.8) is 0 Å². The lowest BCUT2D eigenvalue weighted by Gasteiger charge is -2.29. The number of carbonyl (C=O) groups is 1. The fourth-order valence-corrected chi connectivity index (χ4v) is 4.96. The molecule has 0 unspecified atom stereocenters. The first-order valence-electron chi connectivity index (χ1n) is 13.4. The van der Waals surface area contributed by atoms with Gasteiger partial charge in [0.15, 0.2) is 5.82 Å². The van der Waals surface area contributed by atoms with Crippen LogP contribution in [0.25, 0.3) is 11.5 Å². The van der Waals surface area contributed by atoms with Crippen molar-refractivity contribution in [1.82, 2.24) is 19.4 Å². The van der Waals surface area contributed by atoms with E-state index < -0.39 is 5.97 Å². The van der Waals surface area contributed by atoms with Gasteiger partial charge >= 0.3 is 5.97 Å². The number of nitrogens with zero attached hydrogens (tertiary/aromatic N) is 5. The van der Waals surface area contributed by atoms with E-state index >= 15 is 0 Å². The van der Waals surface area contributed by atoms with Crippen molar-refractivity contribution in [2.24, 2.45) is 0 Å². The first-order chi connectivity index (χ1) is 19.5. The van der Waals surface area contributed by atoms with Crippen LogP contribution in [0.5, 0.6) is 0 Å². The number of hydrogen-bond donors (Lipinski definition) is 0. The normalized spacial score (nSPS) is 13.6. The molecule has 2 aromatic heterocycles. The summed E-state index contributed by atoms with van der Waals surface area (Å²) in [7, 11) is 3.44. The van der Waals surface area contributed by atoms with E-state index in [1.54, 1.807) is 30.5 Å². The molecule has 2 aromatic carbocycles. The van der Waals surface area contributed by atoms with Crippen LogP contribution in [0.15, 0.2) is 73.1 Å². The summed E-state index contributed by atoms with van der Waals surface area (Å²) < 4.78 is 25.9. The van der Waals surface area contributed by atoms with Gasteiger partial charge in [0.05, 0.1) is 37.8 Å². The van der Waals surface area contributed by atoms with E-state index in [-0.39, 0.29) is 5.82 Å². The Morgan fingerprint density at radius 3 is 2.45 bits per heavy atom. The average Bonchev–Trinajstić information content (AvgIpc) is 3.39. The number of benzene rings is 2. The van der Waals surface area contributed by atoms with Crippen LogP contribution in [0.1, 0.15) is 27.2 Å². The minimum atomic E-state index is -0.423. The summed E-state index contributed by atoms with van der Waals surface area (Å²) in [5, 5.41) is 0. The van der Waals surface area contributed by atoms with Gasteiger partial charge in [-0.05, 0) is 61.0 Å². The predicted molar refractivity (Wildman–Crippen MR) is 152 cm³/mol. The molecule has 1 fully saturated rings. The molecule has 3 heterocycles. The van der Waals surface area contributed by atoms with Crippen molar-refractivity contribution in [2.45, 2.75) is 26.1 Å². The Balaban J connectivity index is 1.34. The van der Waals surface area contributed by atoms with Gasteiger partial charge in [0.1, 0.15) is 11.5 Å². The fraction of sp³-hybridized carbons (Fsp3) is 0.323. The SMILES string of the molecule is COC(=O)c1ccnc(-c2ncc(CN(C)Cc3ccc(N4CCOCC4)cc3)n2CCc2ccc(F)cc2)c1. The Morgan fingerprint density at radius 1 is 1.00 bits per heavy atom. The van der Waals surface area contributed by atoms with Gasteiger partial charge < -0.3 is 18.9 Å². The third-order valence-corrected chi connectivity index (χ3v) is 7.08. The van der Waals surface area contributed by atoms with Gasteiger partial charge in [-0.2, -0.15) is 0 Å². The Hall–Kier alpha value is -4.08. The second-order valence-electron chi connectivity index (χ2n) is 9.96. The molecule has 4 aromatic rings. The maximum atomic E-state index is 13.4. The molecule has 1 aliphatic rings. The van der Waals surface area contributed by atoms with Crippen molar-refractivity contribution >= 4 is 11.7 Å². The van der Waals surface area contributed by atoms with E-state index in [0.29, 0.717) is 36.6 Å². The second-order valence-corrected chi connectivity index (χ2v) is 9.96. The van der Waals surface area contributed by atoms with Crippen molar-refractivity contribution in [1.29, 1.82) is 0 Å². The zero-order valence-corrected chi connectivity index (χ0v) is 22.9. The smallest absolute Gasteiger partial charge is 0.337 e. The molecule has 0 bridgehead atoms. The number of anilines is 1. The number of halogens is 1. The fourth-order valence-electron chi connectivity index (χ4n) is 4.96. The third kappa shape index (κ3) is 6.73. The molecular formula is C31H34FN5O3. The number of aromatic nitrogens is 3. The van der Waals surface area contributed by atoms with Gasteiger partial charge in [-0.3, -0.25) is 9.88 Å². The quantitative estimate of drug-likeness (QED) is 0.271. The molecule has 208 valence electrons. The topological polar surface area (TPSA) is 72.7 Å². The molecule has 0 N–H and O–H groups in total. The van der Waals surface area contributed by atoms with E-state index in [0.717, 1.165) is 44.1 Å². The average molecular weight is 544 g/mol. The number of carbonyl (C=O) groups excluding carboxylic acids is 1. The van der Waals surface area contributed by atoms with Gasteiger partial charge in [-0.15, -0.1) is 0 Å². The maximum Gasteiger partial charge on any atom is 0.337 e. The van der Waals surface area contributed by atoms with E-state index in [1.807, 2.05) is 6.20 Å². The van der Waals surface area contributed by atoms with Crippen LogP contribution < -0.4 is 4.90 Å². The summed E-state index contributed by atoms with van der Waals surface area (Å²) in [6.07, 6.45) is 4.15. The molecule has 0 radical (unpaired) electrons. The van der Waals surface area contributed by atoms with Gasteiger partial charge in [0, 0.05) is 44.6 Å². The van der Waals surface area contributed by atoms with Gasteiger partial charge in [-0.1, -0.05) is 24.3 Å². The number of pyridine rings is 1. The Labute approximate surface area is 234 Å². The molecule has 0 amide bonds. The van der Waals surface area contributed by atoms with Crippen molar-refractivity contribution < 1.29 is 18.7 Å². The molecule has 9 heteroatoms. The highest BCUT2D eigenvalue weighted by Gasteiger charge is 2.17. The maximum absolute atomic E-state index is 13.4. The zero-order chi connectivity index (χ0) is 27.9. The number of ether oxygens (including phenoxy) is 2. The predicted octanol–water partition coefficient (Wildman–Crippen LogP) is 4.58. The highest BCUT2D eigenvalue weighted by atomic mass is 19.1. The van der Waals surface area contributed by atoms with Gasteiger partial charge in [0.25, 0.3) is 0 Å². The molecule has 0 atom stereocenters. The van der Waals surface area contributed by atoms with E-state index in [9.17, 15) is 9.18 Å². The summed E-state index contributed by atoms with van der Waals surface area (Å²) in [4.78, 5) is 25.9. The molecule has 1 saturated heterocycles. The lowest BCUT2D eigenvalue weighted by atomic mass is 10.1. The van der Waals surface area contributed by atoms with Crippen LogP contribution in [-0.4, -0.2) is 65.9 Å². The van der Waals surface area contributed by atoms with E-state index in [1.165, 1.54) is 30.5 Å².